The van der Waals surface area contributed by atoms with Crippen molar-refractivity contribution in [3.63, 3.8) is 0 Å². The number of aliphatic imine (C=N–C) groups is 1. The molecule has 0 spiro atoms. The van der Waals surface area contributed by atoms with Gasteiger partial charge in [0.25, 0.3) is 0 Å². The van der Waals surface area contributed by atoms with Gasteiger partial charge in [0, 0.05) is 26.1 Å². The van der Waals surface area contributed by atoms with Gasteiger partial charge in [-0.1, -0.05) is 0 Å². The van der Waals surface area contributed by atoms with E-state index in [1.165, 1.54) is 6.42 Å². The van der Waals surface area contributed by atoms with Gasteiger partial charge in [0.1, 0.15) is 0 Å². The minimum absolute atomic E-state index is 0.693. The average molecular weight is 127 g/mol. The maximum Gasteiger partial charge on any atom is 0.0964 e. The van der Waals surface area contributed by atoms with Gasteiger partial charge in [0.15, 0.2) is 0 Å². The molecular formula is C6H13N3. The average Bonchev–Trinajstić information content (AvgIpc) is 2.34. The van der Waals surface area contributed by atoms with Crippen LogP contribution in [0.3, 0.4) is 0 Å². The molecule has 0 fully saturated rings. The molecule has 1 aliphatic rings. The Hall–Kier alpha value is -0.570. The van der Waals surface area contributed by atoms with Crippen molar-refractivity contribution in [3.8, 4) is 0 Å². The molecular weight excluding hydrogens is 114 g/mol. The van der Waals surface area contributed by atoms with Crippen molar-refractivity contribution in [1.82, 2.24) is 5.32 Å². The molecule has 9 heavy (non-hydrogen) atoms. The predicted octanol–water partition coefficient (Wildman–Crippen LogP) is -0.273. The third-order valence-electron chi connectivity index (χ3n) is 1.35. The SMILES string of the molecule is NCCNC1=NCCC1. The summed E-state index contributed by atoms with van der Waals surface area (Å²) >= 11 is 0. The molecule has 0 aliphatic carbocycles. The van der Waals surface area contributed by atoms with Crippen molar-refractivity contribution >= 4 is 5.84 Å². The summed E-state index contributed by atoms with van der Waals surface area (Å²) < 4.78 is 0. The second-order valence-electron chi connectivity index (χ2n) is 2.15. The second kappa shape index (κ2) is 3.45. The number of nitrogens with two attached hydrogens (primary N) is 1. The summed E-state index contributed by atoms with van der Waals surface area (Å²) in [6, 6.07) is 0. The van der Waals surface area contributed by atoms with Crippen molar-refractivity contribution in [3.05, 3.63) is 0 Å². The number of amidine groups is 1. The van der Waals surface area contributed by atoms with E-state index in [4.69, 9.17) is 5.73 Å². The summed E-state index contributed by atoms with van der Waals surface area (Å²) in [5, 5.41) is 3.16. The first kappa shape index (κ1) is 6.55. The lowest BCUT2D eigenvalue weighted by Gasteiger charge is -2.00. The quantitative estimate of drug-likeness (QED) is 0.536. The van der Waals surface area contributed by atoms with Crippen LogP contribution in [0.1, 0.15) is 12.8 Å². The Labute approximate surface area is 55.3 Å². The molecule has 0 aromatic rings. The van der Waals surface area contributed by atoms with E-state index in [0.717, 1.165) is 25.3 Å². The Bertz CT molecular complexity index is 109. The third kappa shape index (κ3) is 2.01. The largest absolute Gasteiger partial charge is 0.373 e. The molecule has 52 valence electrons. The third-order valence-corrected chi connectivity index (χ3v) is 1.35. The molecule has 3 nitrogen and oxygen atoms in total. The van der Waals surface area contributed by atoms with E-state index >= 15 is 0 Å². The van der Waals surface area contributed by atoms with Gasteiger partial charge in [0.05, 0.1) is 5.84 Å². The zero-order valence-electron chi connectivity index (χ0n) is 5.56. The predicted molar refractivity (Wildman–Crippen MR) is 38.6 cm³/mol. The summed E-state index contributed by atoms with van der Waals surface area (Å²) in [4.78, 5) is 4.22. The molecule has 1 aliphatic heterocycles. The Morgan fingerprint density at radius 3 is 3.11 bits per heavy atom. The van der Waals surface area contributed by atoms with E-state index in [0.29, 0.717) is 6.54 Å². The Kier molecular flexibility index (Phi) is 2.51. The van der Waals surface area contributed by atoms with Gasteiger partial charge in [-0.15, -0.1) is 0 Å². The summed E-state index contributed by atoms with van der Waals surface area (Å²) in [6.45, 7) is 2.55. The molecule has 3 N–H and O–H groups in total. The van der Waals surface area contributed by atoms with Crippen LogP contribution in [0.4, 0.5) is 0 Å². The molecule has 0 saturated carbocycles. The first-order chi connectivity index (χ1) is 4.43. The second-order valence-corrected chi connectivity index (χ2v) is 2.15. The van der Waals surface area contributed by atoms with Crippen LogP contribution in [0.5, 0.6) is 0 Å². The van der Waals surface area contributed by atoms with Crippen molar-refractivity contribution in [1.29, 1.82) is 0 Å². The highest BCUT2D eigenvalue weighted by Crippen LogP contribution is 1.99. The highest BCUT2D eigenvalue weighted by Gasteiger charge is 2.02. The lowest BCUT2D eigenvalue weighted by Crippen LogP contribution is -2.27. The molecule has 0 aromatic heterocycles. The van der Waals surface area contributed by atoms with E-state index in [1.807, 2.05) is 0 Å². The number of nitrogens with one attached hydrogen (secondary N) is 1. The van der Waals surface area contributed by atoms with Gasteiger partial charge < -0.3 is 11.1 Å². The smallest absolute Gasteiger partial charge is 0.0964 e. The van der Waals surface area contributed by atoms with Crippen LogP contribution in [0.25, 0.3) is 0 Å². The Morgan fingerprint density at radius 1 is 1.67 bits per heavy atom. The van der Waals surface area contributed by atoms with Gasteiger partial charge in [-0.2, -0.15) is 0 Å². The van der Waals surface area contributed by atoms with Gasteiger partial charge in [-0.25, -0.2) is 0 Å². The van der Waals surface area contributed by atoms with Gasteiger partial charge >= 0.3 is 0 Å². The fourth-order valence-electron chi connectivity index (χ4n) is 0.900. The monoisotopic (exact) mass is 127 g/mol. The number of rotatable bonds is 2. The van der Waals surface area contributed by atoms with Gasteiger partial charge in [-0.05, 0) is 6.42 Å². The van der Waals surface area contributed by atoms with E-state index in [-0.39, 0.29) is 0 Å². The number of hydrogen-bond acceptors (Lipinski definition) is 3. The summed E-state index contributed by atoms with van der Waals surface area (Å²) in [7, 11) is 0. The Morgan fingerprint density at radius 2 is 2.56 bits per heavy atom. The number of hydrogen-bond donors (Lipinski definition) is 2. The van der Waals surface area contributed by atoms with Crippen LogP contribution in [-0.2, 0) is 0 Å². The van der Waals surface area contributed by atoms with E-state index < -0.39 is 0 Å². The molecule has 0 aromatic carbocycles. The van der Waals surface area contributed by atoms with Gasteiger partial charge in [-0.3, -0.25) is 4.99 Å². The highest BCUT2D eigenvalue weighted by atomic mass is 15.0. The van der Waals surface area contributed by atoms with Crippen LogP contribution >= 0.6 is 0 Å². The van der Waals surface area contributed by atoms with Gasteiger partial charge in [0.2, 0.25) is 0 Å². The van der Waals surface area contributed by atoms with Crippen LogP contribution in [0.2, 0.25) is 0 Å². The zero-order chi connectivity index (χ0) is 6.53. The minimum atomic E-state index is 0.693. The van der Waals surface area contributed by atoms with E-state index in [9.17, 15) is 0 Å². The van der Waals surface area contributed by atoms with Crippen LogP contribution < -0.4 is 11.1 Å². The molecule has 0 atom stereocenters. The zero-order valence-corrected chi connectivity index (χ0v) is 5.56. The first-order valence-corrected chi connectivity index (χ1v) is 3.41. The lowest BCUT2D eigenvalue weighted by atomic mass is 10.3. The van der Waals surface area contributed by atoms with E-state index in [1.54, 1.807) is 0 Å². The van der Waals surface area contributed by atoms with Crippen molar-refractivity contribution in [2.45, 2.75) is 12.8 Å². The summed E-state index contributed by atoms with van der Waals surface area (Å²) in [5.74, 6) is 1.14. The van der Waals surface area contributed by atoms with E-state index in [2.05, 4.69) is 10.3 Å². The van der Waals surface area contributed by atoms with Crippen molar-refractivity contribution in [2.24, 2.45) is 10.7 Å². The lowest BCUT2D eigenvalue weighted by molar-refractivity contribution is 0.860. The molecule has 0 unspecified atom stereocenters. The molecule has 0 bridgehead atoms. The molecule has 0 saturated heterocycles. The van der Waals surface area contributed by atoms with Crippen LogP contribution in [0, 0.1) is 0 Å². The summed E-state index contributed by atoms with van der Waals surface area (Å²) in [6.07, 6.45) is 2.31. The number of nitrogens with zero attached hydrogens (tertiary/aromatic N) is 1. The molecule has 3 heteroatoms. The molecule has 1 heterocycles. The fraction of sp³-hybridized carbons (Fsp3) is 0.833. The van der Waals surface area contributed by atoms with Crippen LogP contribution in [-0.4, -0.2) is 25.5 Å². The minimum Gasteiger partial charge on any atom is -0.373 e. The normalized spacial score (nSPS) is 17.7. The van der Waals surface area contributed by atoms with Crippen molar-refractivity contribution in [2.75, 3.05) is 19.6 Å². The molecule has 0 amide bonds. The Balaban J connectivity index is 2.11. The van der Waals surface area contributed by atoms with Crippen LogP contribution in [0.15, 0.2) is 4.99 Å². The highest BCUT2D eigenvalue weighted by molar-refractivity contribution is 5.83. The standard InChI is InChI=1S/C6H13N3/c7-3-5-9-6-2-1-4-8-6/h1-5,7H2,(H,8,9). The maximum absolute atomic E-state index is 5.29. The molecule has 1 rings (SSSR count). The summed E-state index contributed by atoms with van der Waals surface area (Å²) in [5.41, 5.74) is 5.29. The van der Waals surface area contributed by atoms with Crippen molar-refractivity contribution < 1.29 is 0 Å². The molecule has 0 radical (unpaired) electrons. The maximum atomic E-state index is 5.29. The first-order valence-electron chi connectivity index (χ1n) is 3.41. The topological polar surface area (TPSA) is 50.4 Å². The fourth-order valence-corrected chi connectivity index (χ4v) is 0.900.